The molecule has 18 heavy (non-hydrogen) atoms. The van der Waals surface area contributed by atoms with Crippen molar-refractivity contribution in [2.45, 2.75) is 32.3 Å². The minimum absolute atomic E-state index is 0.0306. The lowest BCUT2D eigenvalue weighted by Crippen LogP contribution is -2.62. The molecule has 0 radical (unpaired) electrons. The molecule has 0 aliphatic carbocycles. The Morgan fingerprint density at radius 3 is 2.78 bits per heavy atom. The van der Waals surface area contributed by atoms with E-state index < -0.39 is 10.5 Å². The molecule has 0 unspecified atom stereocenters. The number of rotatable bonds is 4. The molecule has 0 bridgehead atoms. The Morgan fingerprint density at radius 2 is 2.28 bits per heavy atom. The summed E-state index contributed by atoms with van der Waals surface area (Å²) in [5.74, 6) is 0.693. The highest BCUT2D eigenvalue weighted by Gasteiger charge is 2.41. The van der Waals surface area contributed by atoms with Crippen LogP contribution >= 0.6 is 0 Å². The molecule has 1 aliphatic rings. The highest BCUT2D eigenvalue weighted by molar-refractivity contribution is 5.51. The van der Waals surface area contributed by atoms with Gasteiger partial charge in [0.05, 0.1) is 10.5 Å². The van der Waals surface area contributed by atoms with Crippen LogP contribution in [-0.4, -0.2) is 33.7 Å². The molecule has 98 valence electrons. The molecule has 1 N–H and O–H groups in total. The maximum atomic E-state index is 10.7. The Kier molecular flexibility index (Phi) is 3.21. The Morgan fingerprint density at radius 1 is 1.61 bits per heavy atom. The van der Waals surface area contributed by atoms with Gasteiger partial charge in [0.15, 0.2) is 0 Å². The summed E-state index contributed by atoms with van der Waals surface area (Å²) in [5.41, 5.74) is 0.00516. The fraction of sp³-hybridized carbons (Fsp3) is 0.583. The van der Waals surface area contributed by atoms with E-state index >= 15 is 0 Å². The van der Waals surface area contributed by atoms with E-state index in [1.165, 1.54) is 6.20 Å². The van der Waals surface area contributed by atoms with Crippen molar-refractivity contribution in [3.05, 3.63) is 27.9 Å². The number of anilines is 1. The smallest absolute Gasteiger partial charge is 0.290 e. The van der Waals surface area contributed by atoms with E-state index in [-0.39, 0.29) is 5.69 Å². The summed E-state index contributed by atoms with van der Waals surface area (Å²) in [5, 5.41) is 20.8. The molecule has 2 heterocycles. The summed E-state index contributed by atoms with van der Waals surface area (Å²) in [6, 6.07) is 1.70. The first-order valence-corrected chi connectivity index (χ1v) is 6.03. The van der Waals surface area contributed by atoms with Crippen LogP contribution in [0.3, 0.4) is 0 Å². The van der Waals surface area contributed by atoms with Crippen molar-refractivity contribution >= 4 is 11.5 Å². The second-order valence-corrected chi connectivity index (χ2v) is 4.92. The largest absolute Gasteiger partial charge is 0.386 e. The van der Waals surface area contributed by atoms with E-state index in [1.54, 1.807) is 13.0 Å². The molecular weight excluding hydrogens is 234 g/mol. The van der Waals surface area contributed by atoms with E-state index in [0.29, 0.717) is 24.5 Å². The Hall–Kier alpha value is -1.69. The Balaban J connectivity index is 2.09. The van der Waals surface area contributed by atoms with Crippen LogP contribution in [0.5, 0.6) is 0 Å². The third-order valence-corrected chi connectivity index (χ3v) is 3.28. The molecule has 0 aromatic carbocycles. The average molecular weight is 251 g/mol. The van der Waals surface area contributed by atoms with Gasteiger partial charge in [0, 0.05) is 18.7 Å². The maximum absolute atomic E-state index is 10.7. The van der Waals surface area contributed by atoms with Crippen molar-refractivity contribution < 1.29 is 10.0 Å². The molecular formula is C12H17N3O3. The van der Waals surface area contributed by atoms with Crippen LogP contribution in [0.15, 0.2) is 12.3 Å². The van der Waals surface area contributed by atoms with Crippen LogP contribution in [0.4, 0.5) is 11.5 Å². The van der Waals surface area contributed by atoms with Gasteiger partial charge in [-0.15, -0.1) is 0 Å². The van der Waals surface area contributed by atoms with E-state index in [4.69, 9.17) is 0 Å². The van der Waals surface area contributed by atoms with Gasteiger partial charge in [0.1, 0.15) is 12.0 Å². The highest BCUT2D eigenvalue weighted by Crippen LogP contribution is 2.31. The lowest BCUT2D eigenvalue weighted by atomic mass is 9.89. The fourth-order valence-corrected chi connectivity index (χ4v) is 2.35. The van der Waals surface area contributed by atoms with Crippen molar-refractivity contribution in [1.29, 1.82) is 0 Å². The molecule has 1 saturated heterocycles. The summed E-state index contributed by atoms with van der Waals surface area (Å²) < 4.78 is 0. The second kappa shape index (κ2) is 4.53. The van der Waals surface area contributed by atoms with Crippen LogP contribution in [-0.2, 0) is 0 Å². The number of nitro groups is 1. The van der Waals surface area contributed by atoms with Crippen molar-refractivity contribution in [3.8, 4) is 0 Å². The first-order valence-electron chi connectivity index (χ1n) is 6.03. The third-order valence-electron chi connectivity index (χ3n) is 3.28. The van der Waals surface area contributed by atoms with E-state index in [1.807, 2.05) is 11.8 Å². The summed E-state index contributed by atoms with van der Waals surface area (Å²) in [6.07, 6.45) is 2.99. The van der Waals surface area contributed by atoms with Crippen molar-refractivity contribution in [2.24, 2.45) is 0 Å². The number of hydrogen-bond donors (Lipinski definition) is 1. The molecule has 0 atom stereocenters. The average Bonchev–Trinajstić information content (AvgIpc) is 2.25. The molecule has 0 spiro atoms. The number of aliphatic hydroxyl groups is 1. The van der Waals surface area contributed by atoms with Gasteiger partial charge in [-0.2, -0.15) is 0 Å². The maximum Gasteiger partial charge on any atom is 0.290 e. The number of β-amino-alcohol motifs (C(OH)–C–C–N with tert-alkyl or cyclic N) is 1. The lowest BCUT2D eigenvalue weighted by Gasteiger charge is -2.47. The van der Waals surface area contributed by atoms with Crippen LogP contribution in [0.25, 0.3) is 0 Å². The minimum atomic E-state index is -0.619. The molecule has 2 rings (SSSR count). The zero-order valence-electron chi connectivity index (χ0n) is 10.6. The monoisotopic (exact) mass is 251 g/mol. The third kappa shape index (κ3) is 2.28. The summed E-state index contributed by atoms with van der Waals surface area (Å²) in [7, 11) is 0. The van der Waals surface area contributed by atoms with Crippen molar-refractivity contribution in [1.82, 2.24) is 4.98 Å². The van der Waals surface area contributed by atoms with E-state index in [9.17, 15) is 15.2 Å². The van der Waals surface area contributed by atoms with Gasteiger partial charge in [-0.3, -0.25) is 10.1 Å². The quantitative estimate of drug-likeness (QED) is 0.650. The number of hydrogen-bond acceptors (Lipinski definition) is 5. The van der Waals surface area contributed by atoms with Gasteiger partial charge in [0.2, 0.25) is 0 Å². The topological polar surface area (TPSA) is 79.5 Å². The first-order chi connectivity index (χ1) is 8.45. The first kappa shape index (κ1) is 12.8. The molecule has 1 aromatic rings. The summed E-state index contributed by atoms with van der Waals surface area (Å²) in [6.45, 7) is 4.83. The Labute approximate surface area is 105 Å². The van der Waals surface area contributed by atoms with E-state index in [0.717, 1.165) is 12.8 Å². The van der Waals surface area contributed by atoms with Crippen molar-refractivity contribution in [3.63, 3.8) is 0 Å². The Bertz CT molecular complexity index is 470. The molecule has 6 heteroatoms. The number of pyridine rings is 1. The van der Waals surface area contributed by atoms with Crippen LogP contribution in [0, 0.1) is 17.0 Å². The molecule has 1 fully saturated rings. The summed E-state index contributed by atoms with van der Waals surface area (Å²) >= 11 is 0. The predicted octanol–water partition coefficient (Wildman–Crippen LogP) is 1.65. The van der Waals surface area contributed by atoms with Crippen molar-refractivity contribution in [2.75, 3.05) is 18.0 Å². The van der Waals surface area contributed by atoms with Gasteiger partial charge in [0.25, 0.3) is 5.69 Å². The van der Waals surface area contributed by atoms with Gasteiger partial charge < -0.3 is 10.0 Å². The predicted molar refractivity (Wildman–Crippen MR) is 67.7 cm³/mol. The highest BCUT2D eigenvalue weighted by atomic mass is 16.6. The minimum Gasteiger partial charge on any atom is -0.386 e. The van der Waals surface area contributed by atoms with Gasteiger partial charge in [-0.25, -0.2) is 4.98 Å². The van der Waals surface area contributed by atoms with Gasteiger partial charge in [-0.05, 0) is 19.4 Å². The molecule has 1 aliphatic heterocycles. The molecule has 6 nitrogen and oxygen atoms in total. The van der Waals surface area contributed by atoms with E-state index in [2.05, 4.69) is 4.98 Å². The summed E-state index contributed by atoms with van der Waals surface area (Å²) in [4.78, 5) is 16.3. The number of nitrogens with zero attached hydrogens (tertiary/aromatic N) is 3. The second-order valence-electron chi connectivity index (χ2n) is 4.92. The molecule has 0 amide bonds. The SMILES string of the molecule is CCCC1(O)CN(c2cc(C)c([N+](=O)[O-])cn2)C1. The molecule has 1 aromatic heterocycles. The van der Waals surface area contributed by atoms with Crippen LogP contribution in [0.2, 0.25) is 0 Å². The fourth-order valence-electron chi connectivity index (χ4n) is 2.35. The standard InChI is InChI=1S/C12H17N3O3/c1-3-4-12(16)7-14(8-12)11-5-9(2)10(6-13-11)15(17)18/h5-6,16H,3-4,7-8H2,1-2H3. The van der Waals surface area contributed by atoms with Gasteiger partial charge >= 0.3 is 0 Å². The zero-order chi connectivity index (χ0) is 13.3. The van der Waals surface area contributed by atoms with Crippen LogP contribution in [0.1, 0.15) is 25.3 Å². The normalized spacial score (nSPS) is 17.4. The lowest BCUT2D eigenvalue weighted by molar-refractivity contribution is -0.385. The van der Waals surface area contributed by atoms with Gasteiger partial charge in [-0.1, -0.05) is 13.3 Å². The number of aryl methyl sites for hydroxylation is 1. The zero-order valence-corrected chi connectivity index (χ0v) is 10.6. The number of aromatic nitrogens is 1. The van der Waals surface area contributed by atoms with Crippen LogP contribution < -0.4 is 4.90 Å². The molecule has 0 saturated carbocycles.